The Hall–Kier alpha value is -1.10. The Bertz CT molecular complexity index is 182. The molecule has 2 atom stereocenters. The molecule has 66 valence electrons. The van der Waals surface area contributed by atoms with Crippen LogP contribution < -0.4 is 0 Å². The number of hydrogen-bond donors (Lipinski definition) is 0. The third-order valence-corrected chi connectivity index (χ3v) is 1.16. The van der Waals surface area contributed by atoms with Gasteiger partial charge in [0.05, 0.1) is 12.1 Å². The van der Waals surface area contributed by atoms with E-state index >= 15 is 0 Å². The van der Waals surface area contributed by atoms with Crippen LogP contribution in [0.1, 0.15) is 20.8 Å². The second kappa shape index (κ2) is 5.54. The van der Waals surface area contributed by atoms with Crippen LogP contribution in [0.5, 0.6) is 0 Å². The van der Waals surface area contributed by atoms with Gasteiger partial charge in [-0.15, -0.1) is 0 Å². The highest BCUT2D eigenvalue weighted by molar-refractivity contribution is 4.81. The Labute approximate surface area is 72.3 Å². The van der Waals surface area contributed by atoms with E-state index in [9.17, 15) is 0 Å². The monoisotopic (exact) mass is 168 g/mol. The molecule has 0 aliphatic heterocycles. The summed E-state index contributed by atoms with van der Waals surface area (Å²) in [7, 11) is 0. The van der Waals surface area contributed by atoms with Gasteiger partial charge in [-0.2, -0.15) is 10.5 Å². The van der Waals surface area contributed by atoms with Crippen LogP contribution in [-0.4, -0.2) is 18.5 Å². The van der Waals surface area contributed by atoms with E-state index in [1.54, 1.807) is 20.8 Å². The zero-order chi connectivity index (χ0) is 9.56. The summed E-state index contributed by atoms with van der Waals surface area (Å²) >= 11 is 0. The molecule has 0 aromatic heterocycles. The minimum atomic E-state index is -0.519. The van der Waals surface area contributed by atoms with E-state index < -0.39 is 18.5 Å². The van der Waals surface area contributed by atoms with Gasteiger partial charge in [0.15, 0.2) is 6.29 Å². The van der Waals surface area contributed by atoms with E-state index in [1.807, 2.05) is 12.1 Å². The first kappa shape index (κ1) is 10.9. The second-order valence-corrected chi connectivity index (χ2v) is 2.38. The van der Waals surface area contributed by atoms with E-state index in [-0.39, 0.29) is 0 Å². The quantitative estimate of drug-likeness (QED) is 0.591. The molecule has 0 amide bonds. The van der Waals surface area contributed by atoms with Crippen LogP contribution in [0.2, 0.25) is 0 Å². The van der Waals surface area contributed by atoms with Gasteiger partial charge in [0.2, 0.25) is 0 Å². The SMILES string of the molecule is CC(C#N)OC(C)OC(C)C#N. The zero-order valence-corrected chi connectivity index (χ0v) is 7.44. The molecular weight excluding hydrogens is 156 g/mol. The maximum absolute atomic E-state index is 8.38. The summed E-state index contributed by atoms with van der Waals surface area (Å²) < 4.78 is 10.1. The highest BCUT2D eigenvalue weighted by atomic mass is 16.7. The lowest BCUT2D eigenvalue weighted by molar-refractivity contribution is -0.154. The number of rotatable bonds is 4. The molecule has 2 unspecified atom stereocenters. The Balaban J connectivity index is 3.69. The first-order chi connectivity index (χ1) is 5.60. The molecule has 12 heavy (non-hydrogen) atoms. The summed E-state index contributed by atoms with van der Waals surface area (Å²) in [6.07, 6.45) is -1.54. The van der Waals surface area contributed by atoms with Gasteiger partial charge in [-0.1, -0.05) is 0 Å². The predicted molar refractivity (Wildman–Crippen MR) is 41.8 cm³/mol. The number of hydrogen-bond acceptors (Lipinski definition) is 4. The van der Waals surface area contributed by atoms with Gasteiger partial charge >= 0.3 is 0 Å². The molecule has 0 bridgehead atoms. The van der Waals surface area contributed by atoms with Crippen LogP contribution in [0.15, 0.2) is 0 Å². The van der Waals surface area contributed by atoms with E-state index in [4.69, 9.17) is 20.0 Å². The highest BCUT2D eigenvalue weighted by Crippen LogP contribution is 2.01. The van der Waals surface area contributed by atoms with Crippen molar-refractivity contribution in [2.45, 2.75) is 39.3 Å². The van der Waals surface area contributed by atoms with Gasteiger partial charge in [-0.3, -0.25) is 0 Å². The smallest absolute Gasteiger partial charge is 0.158 e. The summed E-state index contributed by atoms with van der Waals surface area (Å²) in [5.74, 6) is 0. The van der Waals surface area contributed by atoms with E-state index in [1.165, 1.54) is 0 Å². The fourth-order valence-electron chi connectivity index (χ4n) is 0.668. The number of ether oxygens (including phenoxy) is 2. The Morgan fingerprint density at radius 1 is 0.917 bits per heavy atom. The van der Waals surface area contributed by atoms with Crippen LogP contribution >= 0.6 is 0 Å². The van der Waals surface area contributed by atoms with Crippen molar-refractivity contribution < 1.29 is 9.47 Å². The average Bonchev–Trinajstić information content (AvgIpc) is 2.03. The van der Waals surface area contributed by atoms with Crippen molar-refractivity contribution in [1.29, 1.82) is 10.5 Å². The summed E-state index contributed by atoms with van der Waals surface area (Å²) in [5, 5.41) is 16.8. The highest BCUT2D eigenvalue weighted by Gasteiger charge is 2.10. The fourth-order valence-corrected chi connectivity index (χ4v) is 0.668. The van der Waals surface area contributed by atoms with Gasteiger partial charge in [-0.05, 0) is 20.8 Å². The van der Waals surface area contributed by atoms with Crippen LogP contribution in [-0.2, 0) is 9.47 Å². The van der Waals surface area contributed by atoms with Gasteiger partial charge in [0.25, 0.3) is 0 Å². The van der Waals surface area contributed by atoms with Gasteiger partial charge < -0.3 is 9.47 Å². The van der Waals surface area contributed by atoms with Crippen molar-refractivity contribution in [2.75, 3.05) is 0 Å². The Kier molecular flexibility index (Phi) is 5.03. The van der Waals surface area contributed by atoms with Crippen molar-refractivity contribution in [2.24, 2.45) is 0 Å². The Morgan fingerprint density at radius 3 is 1.50 bits per heavy atom. The molecule has 4 nitrogen and oxygen atoms in total. The minimum absolute atomic E-state index is 0.508. The van der Waals surface area contributed by atoms with Gasteiger partial charge in [0.1, 0.15) is 12.2 Å². The molecule has 0 aliphatic rings. The van der Waals surface area contributed by atoms with Crippen LogP contribution in [0.4, 0.5) is 0 Å². The van der Waals surface area contributed by atoms with Crippen molar-refractivity contribution in [3.63, 3.8) is 0 Å². The summed E-state index contributed by atoms with van der Waals surface area (Å²) in [6, 6.07) is 3.80. The molecule has 0 saturated heterocycles. The molecule has 0 radical (unpaired) electrons. The van der Waals surface area contributed by atoms with Crippen molar-refractivity contribution in [1.82, 2.24) is 0 Å². The molecule has 0 aromatic carbocycles. The summed E-state index contributed by atoms with van der Waals surface area (Å²) in [6.45, 7) is 4.90. The third-order valence-electron chi connectivity index (χ3n) is 1.16. The molecule has 0 aromatic rings. The first-order valence-corrected chi connectivity index (χ1v) is 3.70. The molecule has 0 rings (SSSR count). The van der Waals surface area contributed by atoms with E-state index in [2.05, 4.69) is 0 Å². The molecule has 0 spiro atoms. The lowest BCUT2D eigenvalue weighted by atomic mass is 10.4. The Morgan fingerprint density at radius 2 is 1.25 bits per heavy atom. The average molecular weight is 168 g/mol. The second-order valence-electron chi connectivity index (χ2n) is 2.38. The maximum atomic E-state index is 8.38. The lowest BCUT2D eigenvalue weighted by Gasteiger charge is -2.16. The zero-order valence-electron chi connectivity index (χ0n) is 7.44. The van der Waals surface area contributed by atoms with Crippen LogP contribution in [0.25, 0.3) is 0 Å². The molecule has 0 fully saturated rings. The van der Waals surface area contributed by atoms with Crippen LogP contribution in [0.3, 0.4) is 0 Å². The number of nitriles is 2. The fraction of sp³-hybridized carbons (Fsp3) is 0.750. The van der Waals surface area contributed by atoms with E-state index in [0.717, 1.165) is 0 Å². The van der Waals surface area contributed by atoms with E-state index in [0.29, 0.717) is 0 Å². The molecule has 0 saturated carbocycles. The van der Waals surface area contributed by atoms with Crippen molar-refractivity contribution >= 4 is 0 Å². The molecule has 0 aliphatic carbocycles. The largest absolute Gasteiger partial charge is 0.335 e. The van der Waals surface area contributed by atoms with Crippen molar-refractivity contribution in [3.8, 4) is 12.1 Å². The van der Waals surface area contributed by atoms with Gasteiger partial charge in [-0.25, -0.2) is 0 Å². The third kappa shape index (κ3) is 4.68. The molecule has 4 heteroatoms. The lowest BCUT2D eigenvalue weighted by Crippen LogP contribution is -2.22. The predicted octanol–water partition coefficient (Wildman–Crippen LogP) is 1.19. The van der Waals surface area contributed by atoms with Gasteiger partial charge in [0, 0.05) is 0 Å². The molecule has 0 heterocycles. The molecular formula is C8H12N2O2. The maximum Gasteiger partial charge on any atom is 0.158 e. The van der Waals surface area contributed by atoms with Crippen molar-refractivity contribution in [3.05, 3.63) is 0 Å². The number of nitrogens with zero attached hydrogens (tertiary/aromatic N) is 2. The molecule has 0 N–H and O–H groups in total. The first-order valence-electron chi connectivity index (χ1n) is 3.70. The summed E-state index contributed by atoms with van der Waals surface area (Å²) in [5.41, 5.74) is 0. The standard InChI is InChI=1S/C8H12N2O2/c1-6(4-9)11-8(3)12-7(2)5-10/h6-8H,1-3H3. The normalized spacial score (nSPS) is 17.1. The summed E-state index contributed by atoms with van der Waals surface area (Å²) in [4.78, 5) is 0. The minimum Gasteiger partial charge on any atom is -0.335 e. The van der Waals surface area contributed by atoms with Crippen LogP contribution in [0, 0.1) is 22.7 Å². The topological polar surface area (TPSA) is 66.0 Å².